The topological polar surface area (TPSA) is 127 Å². The third-order valence-corrected chi connectivity index (χ3v) is 8.21. The van der Waals surface area contributed by atoms with Gasteiger partial charge >= 0.3 is 6.18 Å². The van der Waals surface area contributed by atoms with Crippen molar-refractivity contribution in [2.24, 2.45) is 0 Å². The highest BCUT2D eigenvalue weighted by Gasteiger charge is 2.43. The number of methoxy groups -OCH3 is 1. The van der Waals surface area contributed by atoms with E-state index in [-0.39, 0.29) is 30.3 Å². The first kappa shape index (κ1) is 27.6. The van der Waals surface area contributed by atoms with Crippen molar-refractivity contribution in [3.05, 3.63) is 70.8 Å². The van der Waals surface area contributed by atoms with E-state index in [4.69, 9.17) is 15.6 Å². The summed E-state index contributed by atoms with van der Waals surface area (Å²) in [5.74, 6) is -1.14. The fraction of sp³-hybridized carbons (Fsp3) is 0.379. The molecule has 220 valence electrons. The highest BCUT2D eigenvalue weighted by molar-refractivity contribution is 6.00. The molecule has 1 atom stereocenters. The number of amides is 2. The lowest BCUT2D eigenvalue weighted by molar-refractivity contribution is -0.142. The Morgan fingerprint density at radius 1 is 1.21 bits per heavy atom. The molecule has 1 aliphatic carbocycles. The van der Waals surface area contributed by atoms with Crippen LogP contribution in [0.5, 0.6) is 11.5 Å². The van der Waals surface area contributed by atoms with Gasteiger partial charge in [0.1, 0.15) is 11.4 Å². The summed E-state index contributed by atoms with van der Waals surface area (Å²) in [5, 5.41) is 15.8. The number of nitrogens with zero attached hydrogens (tertiary/aromatic N) is 5. The van der Waals surface area contributed by atoms with Crippen LogP contribution in [-0.2, 0) is 23.8 Å². The van der Waals surface area contributed by atoms with E-state index in [9.17, 15) is 27.9 Å². The largest absolute Gasteiger partial charge is 0.506 e. The van der Waals surface area contributed by atoms with Crippen LogP contribution in [0.1, 0.15) is 63.4 Å². The van der Waals surface area contributed by atoms with Gasteiger partial charge in [0, 0.05) is 44.2 Å². The van der Waals surface area contributed by atoms with Crippen LogP contribution in [0.3, 0.4) is 0 Å². The van der Waals surface area contributed by atoms with Crippen molar-refractivity contribution >= 4 is 17.5 Å². The Kier molecular flexibility index (Phi) is 6.62. The highest BCUT2D eigenvalue weighted by atomic mass is 19.4. The molecule has 1 saturated carbocycles. The van der Waals surface area contributed by atoms with Crippen LogP contribution in [0.15, 0.2) is 37.1 Å². The first-order valence-electron chi connectivity index (χ1n) is 13.6. The van der Waals surface area contributed by atoms with Gasteiger partial charge in [-0.2, -0.15) is 18.3 Å². The maximum atomic E-state index is 13.9. The molecular formula is C29H29F3N6O4. The smallest absolute Gasteiger partial charge is 0.437 e. The Bertz CT molecular complexity index is 1610. The minimum absolute atomic E-state index is 0.0996. The monoisotopic (exact) mass is 582 g/mol. The average Bonchev–Trinajstić information content (AvgIpc) is 3.77. The summed E-state index contributed by atoms with van der Waals surface area (Å²) >= 11 is 0. The SMILES string of the molecule is C=CC(=O)N1CCc2nn(-c3ccc(C4CC4)cc3O)c3c2[C@H](C1)N(C(=O)c1cnc(C(F)(F)F)c(OC)c1N)CC3. The van der Waals surface area contributed by atoms with Gasteiger partial charge in [-0.05, 0) is 42.5 Å². The number of halogens is 3. The van der Waals surface area contributed by atoms with Gasteiger partial charge in [0.05, 0.1) is 35.8 Å². The number of hydrogen-bond donors (Lipinski definition) is 2. The number of phenolic OH excluding ortho intramolecular Hbond substituents is 1. The number of aromatic nitrogens is 3. The minimum atomic E-state index is -4.83. The first-order chi connectivity index (χ1) is 20.0. The number of rotatable bonds is 5. The van der Waals surface area contributed by atoms with Crippen molar-refractivity contribution in [3.63, 3.8) is 0 Å². The normalized spacial score (nSPS) is 18.3. The molecule has 42 heavy (non-hydrogen) atoms. The van der Waals surface area contributed by atoms with Crippen LogP contribution in [-0.4, -0.2) is 68.2 Å². The summed E-state index contributed by atoms with van der Waals surface area (Å²) in [5.41, 5.74) is 7.79. The van der Waals surface area contributed by atoms with Gasteiger partial charge in [-0.25, -0.2) is 9.67 Å². The van der Waals surface area contributed by atoms with Crippen LogP contribution >= 0.6 is 0 Å². The Labute approximate surface area is 239 Å². The maximum absolute atomic E-state index is 13.9. The van der Waals surface area contributed by atoms with Gasteiger partial charge in [0.15, 0.2) is 11.4 Å². The molecule has 6 rings (SSSR count). The summed E-state index contributed by atoms with van der Waals surface area (Å²) < 4.78 is 47.1. The molecule has 10 nitrogen and oxygen atoms in total. The quantitative estimate of drug-likeness (QED) is 0.439. The molecule has 2 aromatic heterocycles. The van der Waals surface area contributed by atoms with E-state index in [1.165, 1.54) is 11.0 Å². The molecule has 0 bridgehead atoms. The molecule has 1 aromatic carbocycles. The lowest BCUT2D eigenvalue weighted by atomic mass is 9.94. The number of benzene rings is 1. The molecule has 2 amide bonds. The zero-order valence-corrected chi connectivity index (χ0v) is 22.8. The van der Waals surface area contributed by atoms with E-state index in [0.29, 0.717) is 36.7 Å². The molecule has 3 aromatic rings. The number of nitrogen functional groups attached to an aromatic ring is 1. The third-order valence-electron chi connectivity index (χ3n) is 8.21. The van der Waals surface area contributed by atoms with Crippen LogP contribution < -0.4 is 10.5 Å². The standard InChI is InChI=1S/C29H29F3N6O4/c1-3-23(40)36-10-8-18-24-20(38(35-18)19-7-6-16(12-22(19)39)15-4-5-15)9-11-37(21(24)14-36)28(41)17-13-34-27(29(30,31)32)26(42-2)25(17)33/h3,6-7,12-13,15,21,39H,1,4-5,8-11,14H2,2H3,(H2,33,34)/t21-/m0/s1. The fourth-order valence-corrected chi connectivity index (χ4v) is 6.00. The second kappa shape index (κ2) is 10.1. The van der Waals surface area contributed by atoms with Crippen molar-refractivity contribution in [1.82, 2.24) is 24.6 Å². The van der Waals surface area contributed by atoms with Crippen molar-refractivity contribution < 1.29 is 32.6 Å². The van der Waals surface area contributed by atoms with Gasteiger partial charge < -0.3 is 25.4 Å². The summed E-state index contributed by atoms with van der Waals surface area (Å²) in [6.45, 7) is 4.17. The molecule has 0 unspecified atom stereocenters. The molecule has 13 heteroatoms. The number of alkyl halides is 3. The van der Waals surface area contributed by atoms with Gasteiger partial charge in [-0.3, -0.25) is 9.59 Å². The van der Waals surface area contributed by atoms with Crippen LogP contribution in [0.25, 0.3) is 5.69 Å². The number of carbonyl (C=O) groups excluding carboxylic acids is 2. The van der Waals surface area contributed by atoms with Gasteiger partial charge in [0.25, 0.3) is 5.91 Å². The van der Waals surface area contributed by atoms with E-state index >= 15 is 0 Å². The predicted molar refractivity (Wildman–Crippen MR) is 145 cm³/mol. The molecule has 4 heterocycles. The fourth-order valence-electron chi connectivity index (χ4n) is 6.00. The highest BCUT2D eigenvalue weighted by Crippen LogP contribution is 2.44. The number of carbonyl (C=O) groups is 2. The van der Waals surface area contributed by atoms with Crippen molar-refractivity contribution in [1.29, 1.82) is 0 Å². The third kappa shape index (κ3) is 4.52. The zero-order valence-electron chi connectivity index (χ0n) is 22.8. The molecule has 0 spiro atoms. The van der Waals surface area contributed by atoms with E-state index < -0.39 is 35.3 Å². The van der Waals surface area contributed by atoms with E-state index in [1.807, 2.05) is 12.1 Å². The zero-order chi connectivity index (χ0) is 29.9. The van der Waals surface area contributed by atoms with E-state index in [2.05, 4.69) is 11.6 Å². The Hall–Kier alpha value is -4.55. The number of hydrogen-bond acceptors (Lipinski definition) is 7. The average molecular weight is 583 g/mol. The van der Waals surface area contributed by atoms with Gasteiger partial charge in [0.2, 0.25) is 5.91 Å². The summed E-state index contributed by atoms with van der Waals surface area (Å²) in [6.07, 6.45) is 0.0982. The van der Waals surface area contributed by atoms with Crippen molar-refractivity contribution in [2.45, 2.75) is 43.8 Å². The molecule has 0 saturated heterocycles. The lowest BCUT2D eigenvalue weighted by Gasteiger charge is -2.38. The number of anilines is 1. The van der Waals surface area contributed by atoms with Crippen LogP contribution in [0.2, 0.25) is 0 Å². The van der Waals surface area contributed by atoms with Crippen molar-refractivity contribution in [2.75, 3.05) is 32.5 Å². The Morgan fingerprint density at radius 2 is 1.98 bits per heavy atom. The van der Waals surface area contributed by atoms with Crippen LogP contribution in [0, 0.1) is 0 Å². The molecule has 3 aliphatic rings. The Morgan fingerprint density at radius 3 is 2.62 bits per heavy atom. The van der Waals surface area contributed by atoms with E-state index in [0.717, 1.165) is 43.0 Å². The van der Waals surface area contributed by atoms with Crippen molar-refractivity contribution in [3.8, 4) is 17.2 Å². The second-order valence-electron chi connectivity index (χ2n) is 10.7. The lowest BCUT2D eigenvalue weighted by Crippen LogP contribution is -2.46. The predicted octanol–water partition coefficient (Wildman–Crippen LogP) is 3.77. The minimum Gasteiger partial charge on any atom is -0.506 e. The summed E-state index contributed by atoms with van der Waals surface area (Å²) in [7, 11) is 1.03. The number of pyridine rings is 1. The second-order valence-corrected chi connectivity index (χ2v) is 10.7. The van der Waals surface area contributed by atoms with Gasteiger partial charge in [-0.1, -0.05) is 12.6 Å². The molecule has 0 radical (unpaired) electrons. The number of aromatic hydroxyl groups is 1. The summed E-state index contributed by atoms with van der Waals surface area (Å²) in [6, 6.07) is 4.91. The van der Waals surface area contributed by atoms with E-state index in [1.54, 1.807) is 15.6 Å². The molecule has 2 aliphatic heterocycles. The molecule has 3 N–H and O–H groups in total. The number of nitrogens with two attached hydrogens (primary N) is 1. The maximum Gasteiger partial charge on any atom is 0.437 e. The van der Waals surface area contributed by atoms with Crippen LogP contribution in [0.4, 0.5) is 18.9 Å². The molecular weight excluding hydrogens is 553 g/mol. The molecule has 1 fully saturated rings. The van der Waals surface area contributed by atoms with Gasteiger partial charge in [-0.15, -0.1) is 0 Å². The number of ether oxygens (including phenoxy) is 1. The Balaban J connectivity index is 1.43. The first-order valence-corrected chi connectivity index (χ1v) is 13.6. The number of phenols is 1. The summed E-state index contributed by atoms with van der Waals surface area (Å²) in [4.78, 5) is 33.2.